The molecule has 0 saturated carbocycles. The predicted octanol–water partition coefficient (Wildman–Crippen LogP) is 4.24. The lowest BCUT2D eigenvalue weighted by molar-refractivity contribution is 0.414. The normalized spacial score (nSPS) is 10.5. The number of hydrogen-bond donors (Lipinski definition) is 0. The minimum Gasteiger partial charge on any atom is -0.436 e. The quantitative estimate of drug-likeness (QED) is 0.826. The van der Waals surface area contributed by atoms with Gasteiger partial charge in [-0.3, -0.25) is 0 Å². The number of hydrogen-bond acceptors (Lipinski definition) is 2. The van der Waals surface area contributed by atoms with E-state index >= 15 is 0 Å². The lowest BCUT2D eigenvalue weighted by Crippen LogP contribution is -1.95. The average Bonchev–Trinajstić information content (AvgIpc) is 2.37. The highest BCUT2D eigenvalue weighted by molar-refractivity contribution is 5.29. The van der Waals surface area contributed by atoms with Crippen LogP contribution in [0.5, 0.6) is 11.6 Å². The number of aryl methyl sites for hydroxylation is 1. The summed E-state index contributed by atoms with van der Waals surface area (Å²) in [4.78, 5) is 3.83. The molecule has 0 unspecified atom stereocenters. The largest absolute Gasteiger partial charge is 0.436 e. The molecule has 5 heteroatoms. The van der Waals surface area contributed by atoms with Gasteiger partial charge in [0.15, 0.2) is 17.5 Å². The summed E-state index contributed by atoms with van der Waals surface area (Å²) in [6, 6.07) is 4.29. The molecule has 0 spiro atoms. The molecule has 19 heavy (non-hydrogen) atoms. The van der Waals surface area contributed by atoms with Crippen LogP contribution in [0.4, 0.5) is 13.2 Å². The van der Waals surface area contributed by atoms with Crippen molar-refractivity contribution in [3.05, 3.63) is 53.5 Å². The Morgan fingerprint density at radius 1 is 1.05 bits per heavy atom. The molecule has 1 aromatic carbocycles. The molecule has 2 aromatic rings. The Morgan fingerprint density at radius 3 is 2.47 bits per heavy atom. The minimum absolute atomic E-state index is 0.00598. The van der Waals surface area contributed by atoms with Crippen molar-refractivity contribution < 1.29 is 17.9 Å². The molecule has 2 nitrogen and oxygen atoms in total. The Hall–Kier alpha value is -2.04. The van der Waals surface area contributed by atoms with Crippen LogP contribution in [-0.2, 0) is 6.42 Å². The SMILES string of the molecule is CCCc1cnc(Oc2ccc(F)c(F)c2)c(F)c1. The van der Waals surface area contributed by atoms with Crippen molar-refractivity contribution in [3.8, 4) is 11.6 Å². The molecule has 0 aliphatic carbocycles. The van der Waals surface area contributed by atoms with Crippen molar-refractivity contribution in [3.63, 3.8) is 0 Å². The van der Waals surface area contributed by atoms with Crippen molar-refractivity contribution in [2.24, 2.45) is 0 Å². The topological polar surface area (TPSA) is 22.1 Å². The first-order valence-electron chi connectivity index (χ1n) is 5.87. The van der Waals surface area contributed by atoms with Crippen LogP contribution in [0, 0.1) is 17.5 Å². The molecule has 0 atom stereocenters. The van der Waals surface area contributed by atoms with Crippen LogP contribution in [-0.4, -0.2) is 4.98 Å². The van der Waals surface area contributed by atoms with Gasteiger partial charge in [-0.05, 0) is 30.2 Å². The Morgan fingerprint density at radius 2 is 1.84 bits per heavy atom. The summed E-state index contributed by atoms with van der Waals surface area (Å²) < 4.78 is 44.5. The molecule has 1 heterocycles. The van der Waals surface area contributed by atoms with E-state index in [1.54, 1.807) is 0 Å². The molecule has 0 saturated heterocycles. The molecule has 1 aromatic heterocycles. The van der Waals surface area contributed by atoms with E-state index < -0.39 is 17.5 Å². The maximum Gasteiger partial charge on any atom is 0.255 e. The van der Waals surface area contributed by atoms with Crippen molar-refractivity contribution in [1.82, 2.24) is 4.98 Å². The third kappa shape index (κ3) is 3.24. The van der Waals surface area contributed by atoms with Crippen LogP contribution in [0.2, 0.25) is 0 Å². The molecule has 100 valence electrons. The number of ether oxygens (including phenoxy) is 1. The van der Waals surface area contributed by atoms with E-state index in [1.807, 2.05) is 6.92 Å². The van der Waals surface area contributed by atoms with Gasteiger partial charge in [0.1, 0.15) is 5.75 Å². The van der Waals surface area contributed by atoms with E-state index in [1.165, 1.54) is 18.3 Å². The lowest BCUT2D eigenvalue weighted by atomic mass is 10.2. The number of nitrogens with zero attached hydrogens (tertiary/aromatic N) is 1. The second kappa shape index (κ2) is 5.73. The van der Waals surface area contributed by atoms with E-state index in [9.17, 15) is 13.2 Å². The smallest absolute Gasteiger partial charge is 0.255 e. The highest BCUT2D eigenvalue weighted by atomic mass is 19.2. The van der Waals surface area contributed by atoms with E-state index in [4.69, 9.17) is 4.74 Å². The summed E-state index contributed by atoms with van der Waals surface area (Å²) in [5.74, 6) is -2.94. The summed E-state index contributed by atoms with van der Waals surface area (Å²) in [6.45, 7) is 1.98. The number of pyridine rings is 1. The summed E-state index contributed by atoms with van der Waals surface area (Å²) in [5.41, 5.74) is 0.762. The van der Waals surface area contributed by atoms with Crippen LogP contribution < -0.4 is 4.74 Å². The van der Waals surface area contributed by atoms with Gasteiger partial charge in [0.25, 0.3) is 5.88 Å². The van der Waals surface area contributed by atoms with Gasteiger partial charge in [0.2, 0.25) is 0 Å². The molecular weight excluding hydrogens is 255 g/mol. The van der Waals surface area contributed by atoms with Crippen LogP contribution in [0.3, 0.4) is 0 Å². The van der Waals surface area contributed by atoms with Gasteiger partial charge in [0, 0.05) is 12.3 Å². The van der Waals surface area contributed by atoms with Crippen molar-refractivity contribution in [1.29, 1.82) is 0 Å². The van der Waals surface area contributed by atoms with Crippen LogP contribution in [0.25, 0.3) is 0 Å². The predicted molar refractivity (Wildman–Crippen MR) is 64.6 cm³/mol. The Bertz CT molecular complexity index is 587. The van der Waals surface area contributed by atoms with Gasteiger partial charge in [-0.1, -0.05) is 13.3 Å². The van der Waals surface area contributed by atoms with Gasteiger partial charge >= 0.3 is 0 Å². The zero-order valence-corrected chi connectivity index (χ0v) is 10.3. The number of rotatable bonds is 4. The van der Waals surface area contributed by atoms with Crippen molar-refractivity contribution in [2.75, 3.05) is 0 Å². The fourth-order valence-corrected chi connectivity index (χ4v) is 1.62. The number of benzene rings is 1. The third-order valence-corrected chi connectivity index (χ3v) is 2.51. The molecular formula is C14H12F3NO. The van der Waals surface area contributed by atoms with Crippen LogP contribution in [0.15, 0.2) is 30.5 Å². The first-order chi connectivity index (χ1) is 9.10. The second-order valence-corrected chi connectivity index (χ2v) is 4.06. The van der Waals surface area contributed by atoms with Crippen molar-refractivity contribution in [2.45, 2.75) is 19.8 Å². The monoisotopic (exact) mass is 267 g/mol. The highest BCUT2D eigenvalue weighted by Gasteiger charge is 2.10. The maximum atomic E-state index is 13.7. The van der Waals surface area contributed by atoms with Gasteiger partial charge in [-0.15, -0.1) is 0 Å². The summed E-state index contributed by atoms with van der Waals surface area (Å²) >= 11 is 0. The van der Waals surface area contributed by atoms with E-state index in [0.717, 1.165) is 30.5 Å². The molecule has 0 aliphatic rings. The fourth-order valence-electron chi connectivity index (χ4n) is 1.62. The first-order valence-corrected chi connectivity index (χ1v) is 5.87. The fraction of sp³-hybridized carbons (Fsp3) is 0.214. The Labute approximate surface area is 108 Å². The van der Waals surface area contributed by atoms with E-state index in [0.29, 0.717) is 0 Å². The standard InChI is InChI=1S/C14H12F3NO/c1-2-3-9-6-13(17)14(18-8-9)19-10-4-5-11(15)12(16)7-10/h4-8H,2-3H2,1H3. The Balaban J connectivity index is 2.20. The zero-order chi connectivity index (χ0) is 13.8. The lowest BCUT2D eigenvalue weighted by Gasteiger charge is -2.07. The molecule has 0 bridgehead atoms. The van der Waals surface area contributed by atoms with E-state index in [2.05, 4.69) is 4.98 Å². The average molecular weight is 267 g/mol. The van der Waals surface area contributed by atoms with E-state index in [-0.39, 0.29) is 11.6 Å². The minimum atomic E-state index is -1.06. The van der Waals surface area contributed by atoms with Gasteiger partial charge < -0.3 is 4.74 Å². The highest BCUT2D eigenvalue weighted by Crippen LogP contribution is 2.24. The number of aromatic nitrogens is 1. The number of halogens is 3. The Kier molecular flexibility index (Phi) is 4.04. The zero-order valence-electron chi connectivity index (χ0n) is 10.3. The summed E-state index contributed by atoms with van der Waals surface area (Å²) in [6.07, 6.45) is 3.10. The molecule has 0 N–H and O–H groups in total. The third-order valence-electron chi connectivity index (χ3n) is 2.51. The molecule has 0 fully saturated rings. The van der Waals surface area contributed by atoms with Crippen LogP contribution >= 0.6 is 0 Å². The van der Waals surface area contributed by atoms with Crippen LogP contribution in [0.1, 0.15) is 18.9 Å². The van der Waals surface area contributed by atoms with Gasteiger partial charge in [-0.25, -0.2) is 18.2 Å². The molecule has 0 radical (unpaired) electrons. The summed E-state index contributed by atoms with van der Waals surface area (Å²) in [7, 11) is 0. The second-order valence-electron chi connectivity index (χ2n) is 4.06. The van der Waals surface area contributed by atoms with Gasteiger partial charge in [0.05, 0.1) is 0 Å². The van der Waals surface area contributed by atoms with Gasteiger partial charge in [-0.2, -0.15) is 0 Å². The molecule has 2 rings (SSSR count). The molecule has 0 aliphatic heterocycles. The first kappa shape index (κ1) is 13.4. The van der Waals surface area contributed by atoms with Crippen molar-refractivity contribution >= 4 is 0 Å². The maximum absolute atomic E-state index is 13.7. The molecule has 0 amide bonds. The summed E-state index contributed by atoms with van der Waals surface area (Å²) in [5, 5.41) is 0.